The fourth-order valence-corrected chi connectivity index (χ4v) is 3.36. The molecule has 1 aliphatic rings. The van der Waals surface area contributed by atoms with Crippen LogP contribution in [0.3, 0.4) is 0 Å². The zero-order valence-corrected chi connectivity index (χ0v) is 11.8. The molecular formula is C13H19N3O2S. The summed E-state index contributed by atoms with van der Waals surface area (Å²) in [6.07, 6.45) is 2.82. The highest BCUT2D eigenvalue weighted by atomic mass is 32.1. The molecule has 0 radical (unpaired) electrons. The Labute approximate surface area is 116 Å². The van der Waals surface area contributed by atoms with Gasteiger partial charge in [-0.3, -0.25) is 15.0 Å². The van der Waals surface area contributed by atoms with Crippen LogP contribution in [0.1, 0.15) is 41.4 Å². The van der Waals surface area contributed by atoms with Crippen molar-refractivity contribution in [3.8, 4) is 0 Å². The molecule has 2 amide bonds. The quantitative estimate of drug-likeness (QED) is 0.488. The maximum atomic E-state index is 11.9. The van der Waals surface area contributed by atoms with Crippen molar-refractivity contribution < 1.29 is 9.59 Å². The second-order valence-electron chi connectivity index (χ2n) is 4.88. The molecule has 1 aromatic heterocycles. The van der Waals surface area contributed by atoms with E-state index in [1.165, 1.54) is 11.3 Å². The number of thiophene rings is 1. The topological polar surface area (TPSA) is 75.4 Å². The minimum Gasteiger partial charge on any atom is -0.338 e. The van der Waals surface area contributed by atoms with E-state index in [1.54, 1.807) is 0 Å². The summed E-state index contributed by atoms with van der Waals surface area (Å²) in [4.78, 5) is 26.0. The standard InChI is InChI=1S/C13H19N3O2S/c1-2-3-9-6-11(17)16(7-9)8-10-4-5-19-12(10)13(18)15-14/h4-5,9H,2-3,6-8,14H2,1H3,(H,15,18). The Balaban J connectivity index is 2.04. The normalized spacial score (nSPS) is 18.9. The molecule has 1 aromatic rings. The minimum atomic E-state index is -0.290. The van der Waals surface area contributed by atoms with Crippen LogP contribution in [-0.4, -0.2) is 23.3 Å². The zero-order valence-electron chi connectivity index (χ0n) is 11.0. The number of nitrogens with two attached hydrogens (primary N) is 1. The summed E-state index contributed by atoms with van der Waals surface area (Å²) in [6, 6.07) is 1.88. The van der Waals surface area contributed by atoms with Gasteiger partial charge in [-0.2, -0.15) is 0 Å². The first-order valence-corrected chi connectivity index (χ1v) is 7.38. The minimum absolute atomic E-state index is 0.184. The molecular weight excluding hydrogens is 262 g/mol. The maximum Gasteiger partial charge on any atom is 0.275 e. The van der Waals surface area contributed by atoms with Gasteiger partial charge >= 0.3 is 0 Å². The van der Waals surface area contributed by atoms with Crippen LogP contribution in [0.15, 0.2) is 11.4 Å². The zero-order chi connectivity index (χ0) is 13.8. The molecule has 104 valence electrons. The number of carbonyl (C=O) groups is 2. The Morgan fingerprint density at radius 2 is 2.42 bits per heavy atom. The highest BCUT2D eigenvalue weighted by Crippen LogP contribution is 2.26. The van der Waals surface area contributed by atoms with E-state index < -0.39 is 0 Å². The lowest BCUT2D eigenvalue weighted by molar-refractivity contribution is -0.128. The van der Waals surface area contributed by atoms with E-state index in [0.29, 0.717) is 23.8 Å². The number of carbonyl (C=O) groups excluding carboxylic acids is 2. The van der Waals surface area contributed by atoms with Crippen LogP contribution in [0.25, 0.3) is 0 Å². The second-order valence-corrected chi connectivity index (χ2v) is 5.80. The van der Waals surface area contributed by atoms with E-state index in [0.717, 1.165) is 24.9 Å². The largest absolute Gasteiger partial charge is 0.338 e. The van der Waals surface area contributed by atoms with Crippen molar-refractivity contribution in [2.45, 2.75) is 32.7 Å². The maximum absolute atomic E-state index is 11.9. The van der Waals surface area contributed by atoms with E-state index in [1.807, 2.05) is 16.3 Å². The molecule has 0 aliphatic carbocycles. The van der Waals surface area contributed by atoms with Crippen molar-refractivity contribution in [3.05, 3.63) is 21.9 Å². The van der Waals surface area contributed by atoms with Crippen molar-refractivity contribution in [2.75, 3.05) is 6.54 Å². The summed E-state index contributed by atoms with van der Waals surface area (Å²) in [5.41, 5.74) is 3.01. The number of rotatable bonds is 5. The molecule has 6 heteroatoms. The smallest absolute Gasteiger partial charge is 0.275 e. The monoisotopic (exact) mass is 281 g/mol. The number of nitrogen functional groups attached to an aromatic ring is 1. The Morgan fingerprint density at radius 1 is 1.63 bits per heavy atom. The van der Waals surface area contributed by atoms with E-state index >= 15 is 0 Å². The van der Waals surface area contributed by atoms with Gasteiger partial charge in [-0.15, -0.1) is 11.3 Å². The summed E-state index contributed by atoms with van der Waals surface area (Å²) in [5.74, 6) is 5.51. The van der Waals surface area contributed by atoms with Gasteiger partial charge in [0, 0.05) is 19.5 Å². The molecule has 2 heterocycles. The molecule has 1 atom stereocenters. The van der Waals surface area contributed by atoms with E-state index in [9.17, 15) is 9.59 Å². The molecule has 19 heavy (non-hydrogen) atoms. The summed E-state index contributed by atoms with van der Waals surface area (Å²) in [5, 5.41) is 1.85. The lowest BCUT2D eigenvalue weighted by Gasteiger charge is -2.16. The van der Waals surface area contributed by atoms with Crippen LogP contribution in [-0.2, 0) is 11.3 Å². The Hall–Kier alpha value is -1.40. The molecule has 0 spiro atoms. The number of hydrogen-bond donors (Lipinski definition) is 2. The summed E-state index contributed by atoms with van der Waals surface area (Å²) in [6.45, 7) is 3.44. The highest BCUT2D eigenvalue weighted by molar-refractivity contribution is 7.12. The predicted molar refractivity (Wildman–Crippen MR) is 74.4 cm³/mol. The molecule has 0 bridgehead atoms. The first kappa shape index (κ1) is 14.0. The van der Waals surface area contributed by atoms with E-state index in [4.69, 9.17) is 5.84 Å². The molecule has 1 aliphatic heterocycles. The average molecular weight is 281 g/mol. The fourth-order valence-electron chi connectivity index (χ4n) is 2.54. The molecule has 0 aromatic carbocycles. The van der Waals surface area contributed by atoms with Crippen molar-refractivity contribution in [1.29, 1.82) is 0 Å². The van der Waals surface area contributed by atoms with Gasteiger partial charge in [-0.25, -0.2) is 5.84 Å². The number of likely N-dealkylation sites (tertiary alicyclic amines) is 1. The van der Waals surface area contributed by atoms with E-state index in [2.05, 4.69) is 12.3 Å². The molecule has 5 nitrogen and oxygen atoms in total. The first-order chi connectivity index (χ1) is 9.15. The molecule has 1 saturated heterocycles. The number of nitrogens with one attached hydrogen (secondary N) is 1. The number of hydrazine groups is 1. The third kappa shape index (κ3) is 3.13. The third-order valence-electron chi connectivity index (χ3n) is 3.44. The molecule has 2 rings (SSSR count). The third-order valence-corrected chi connectivity index (χ3v) is 4.39. The highest BCUT2D eigenvalue weighted by Gasteiger charge is 2.29. The van der Waals surface area contributed by atoms with Crippen molar-refractivity contribution in [2.24, 2.45) is 11.8 Å². The van der Waals surface area contributed by atoms with Crippen molar-refractivity contribution in [3.63, 3.8) is 0 Å². The molecule has 1 fully saturated rings. The van der Waals surface area contributed by atoms with Crippen LogP contribution in [0.5, 0.6) is 0 Å². The summed E-state index contributed by atoms with van der Waals surface area (Å²) < 4.78 is 0. The van der Waals surface area contributed by atoms with E-state index in [-0.39, 0.29) is 11.8 Å². The number of nitrogens with zero attached hydrogens (tertiary/aromatic N) is 1. The van der Waals surface area contributed by atoms with Gasteiger partial charge in [0.15, 0.2) is 0 Å². The van der Waals surface area contributed by atoms with Gasteiger partial charge in [0.1, 0.15) is 0 Å². The SMILES string of the molecule is CCCC1CC(=O)N(Cc2ccsc2C(=O)NN)C1. The molecule has 3 N–H and O–H groups in total. The Kier molecular flexibility index (Phi) is 4.55. The lowest BCUT2D eigenvalue weighted by Crippen LogP contribution is -2.31. The number of amides is 2. The first-order valence-electron chi connectivity index (χ1n) is 6.50. The number of hydrogen-bond acceptors (Lipinski definition) is 4. The van der Waals surface area contributed by atoms with Crippen molar-refractivity contribution >= 4 is 23.2 Å². The van der Waals surface area contributed by atoms with Crippen LogP contribution in [0.4, 0.5) is 0 Å². The van der Waals surface area contributed by atoms with Gasteiger partial charge in [0.05, 0.1) is 4.88 Å². The van der Waals surface area contributed by atoms with Crippen LogP contribution >= 0.6 is 11.3 Å². The predicted octanol–water partition coefficient (Wildman–Crippen LogP) is 1.50. The van der Waals surface area contributed by atoms with Crippen LogP contribution < -0.4 is 11.3 Å². The summed E-state index contributed by atoms with van der Waals surface area (Å²) in [7, 11) is 0. The van der Waals surface area contributed by atoms with Gasteiger partial charge in [-0.1, -0.05) is 13.3 Å². The lowest BCUT2D eigenvalue weighted by atomic mass is 10.0. The van der Waals surface area contributed by atoms with Gasteiger partial charge < -0.3 is 4.90 Å². The van der Waals surface area contributed by atoms with Crippen LogP contribution in [0.2, 0.25) is 0 Å². The molecule has 0 saturated carbocycles. The molecule has 1 unspecified atom stereocenters. The summed E-state index contributed by atoms with van der Waals surface area (Å²) >= 11 is 1.35. The van der Waals surface area contributed by atoms with Gasteiger partial charge in [-0.05, 0) is 29.3 Å². The Morgan fingerprint density at radius 3 is 3.11 bits per heavy atom. The van der Waals surface area contributed by atoms with Gasteiger partial charge in [0.2, 0.25) is 5.91 Å². The Bertz CT molecular complexity index is 472. The van der Waals surface area contributed by atoms with Crippen LogP contribution in [0, 0.1) is 5.92 Å². The fraction of sp³-hybridized carbons (Fsp3) is 0.538. The van der Waals surface area contributed by atoms with Crippen molar-refractivity contribution in [1.82, 2.24) is 10.3 Å². The second kappa shape index (κ2) is 6.16. The average Bonchev–Trinajstić information content (AvgIpc) is 2.97. The van der Waals surface area contributed by atoms with Gasteiger partial charge in [0.25, 0.3) is 5.91 Å².